The molecule has 0 aromatic rings. The minimum atomic E-state index is -2.25. The van der Waals surface area contributed by atoms with Crippen LogP contribution < -0.4 is 0 Å². The largest absolute Gasteiger partial charge is 0.396 e. The van der Waals surface area contributed by atoms with E-state index in [0.29, 0.717) is 12.8 Å². The van der Waals surface area contributed by atoms with E-state index in [9.17, 15) is 30.3 Å². The molecule has 0 aromatic carbocycles. The molecule has 8 heteroatoms. The third-order valence-corrected chi connectivity index (χ3v) is 9.54. The standard InChI is InChI=1S/C21H32O8/c1-18(8-22)4-3-5-19-9-29-21(27,17(26)14(18)19)20-12(19)6-11(23)13(16(20)25)10(7-28-2)15(20)24/h10-14,16-17,22-23,25-27H,3-9H2,1-2H3/t10-,11-,12-,13+,14+,16+,17-,18-,19+,20-,21-/m0/s1. The molecule has 2 aliphatic heterocycles. The van der Waals surface area contributed by atoms with Gasteiger partial charge in [0.05, 0.1) is 25.4 Å². The van der Waals surface area contributed by atoms with Gasteiger partial charge in [0.2, 0.25) is 5.79 Å². The summed E-state index contributed by atoms with van der Waals surface area (Å²) in [5.74, 6) is -5.20. The second-order valence-corrected chi connectivity index (χ2v) is 10.5. The van der Waals surface area contributed by atoms with E-state index in [2.05, 4.69) is 0 Å². The molecule has 0 aromatic heterocycles. The number of hydrogen-bond acceptors (Lipinski definition) is 8. The number of Topliss-reactive ketones (excluding diaryl/α,β-unsaturated/α-hetero) is 1. The van der Waals surface area contributed by atoms with Crippen LogP contribution in [0.25, 0.3) is 0 Å². The number of rotatable bonds is 3. The molecule has 11 atom stereocenters. The van der Waals surface area contributed by atoms with Crippen molar-refractivity contribution in [1.82, 2.24) is 0 Å². The molecule has 0 radical (unpaired) electrons. The van der Waals surface area contributed by atoms with Gasteiger partial charge >= 0.3 is 0 Å². The predicted molar refractivity (Wildman–Crippen MR) is 98.3 cm³/mol. The van der Waals surface area contributed by atoms with Gasteiger partial charge in [-0.3, -0.25) is 4.79 Å². The number of aliphatic hydroxyl groups is 5. The molecule has 4 saturated carbocycles. The van der Waals surface area contributed by atoms with Crippen molar-refractivity contribution < 1.29 is 39.8 Å². The number of carbonyl (C=O) groups excluding carboxylic acids is 1. The van der Waals surface area contributed by atoms with Gasteiger partial charge in [0.25, 0.3) is 0 Å². The Bertz CT molecular complexity index is 729. The van der Waals surface area contributed by atoms with E-state index in [0.717, 1.165) is 6.42 Å². The Morgan fingerprint density at radius 1 is 1.21 bits per heavy atom. The summed E-state index contributed by atoms with van der Waals surface area (Å²) in [6, 6.07) is 0. The first-order chi connectivity index (χ1) is 13.7. The minimum absolute atomic E-state index is 0.0308. The number of methoxy groups -OCH3 is 1. The van der Waals surface area contributed by atoms with E-state index in [-0.39, 0.29) is 32.0 Å². The lowest BCUT2D eigenvalue weighted by molar-refractivity contribution is -0.452. The number of fused-ring (bicyclic) bond motifs is 2. The fourth-order valence-corrected chi connectivity index (χ4v) is 8.56. The fraction of sp³-hybridized carbons (Fsp3) is 0.952. The van der Waals surface area contributed by atoms with Gasteiger partial charge in [-0.2, -0.15) is 0 Å². The van der Waals surface area contributed by atoms with Crippen LogP contribution in [0, 0.1) is 39.9 Å². The molecule has 6 rings (SSSR count). The Hall–Kier alpha value is -0.610. The number of ether oxygens (including phenoxy) is 2. The second kappa shape index (κ2) is 6.00. The highest BCUT2D eigenvalue weighted by atomic mass is 16.6. The number of ketones is 1. The molecular weight excluding hydrogens is 380 g/mol. The lowest BCUT2D eigenvalue weighted by atomic mass is 9.36. The quantitative estimate of drug-likeness (QED) is 0.400. The monoisotopic (exact) mass is 412 g/mol. The highest BCUT2D eigenvalue weighted by Crippen LogP contribution is 2.76. The van der Waals surface area contributed by atoms with E-state index >= 15 is 0 Å². The molecule has 29 heavy (non-hydrogen) atoms. The Kier molecular flexibility index (Phi) is 4.20. The summed E-state index contributed by atoms with van der Waals surface area (Å²) in [5.41, 5.74) is -3.04. The number of hydrogen-bond donors (Lipinski definition) is 5. The van der Waals surface area contributed by atoms with Crippen LogP contribution in [0.15, 0.2) is 0 Å². The molecule has 6 aliphatic rings. The summed E-state index contributed by atoms with van der Waals surface area (Å²) in [7, 11) is 1.46. The maximum Gasteiger partial charge on any atom is 0.208 e. The maximum atomic E-state index is 13.8. The van der Waals surface area contributed by atoms with E-state index in [4.69, 9.17) is 9.47 Å². The zero-order valence-electron chi connectivity index (χ0n) is 17.0. The van der Waals surface area contributed by atoms with Crippen LogP contribution in [0.3, 0.4) is 0 Å². The third kappa shape index (κ3) is 1.94. The molecule has 8 nitrogen and oxygen atoms in total. The zero-order valence-corrected chi connectivity index (χ0v) is 17.0. The van der Waals surface area contributed by atoms with Crippen LogP contribution in [-0.2, 0) is 14.3 Å². The Morgan fingerprint density at radius 2 is 1.93 bits per heavy atom. The fourth-order valence-electron chi connectivity index (χ4n) is 8.56. The molecule has 164 valence electrons. The Morgan fingerprint density at radius 3 is 2.59 bits per heavy atom. The second-order valence-electron chi connectivity index (χ2n) is 10.5. The lowest BCUT2D eigenvalue weighted by Crippen LogP contribution is -2.84. The van der Waals surface area contributed by atoms with Crippen LogP contribution in [0.1, 0.15) is 32.6 Å². The SMILES string of the molecule is COC[C@@H]1C(=O)[C@]23[C@H](O)[C@H]1[C@@H](O)C[C@H]2[C@]12CCC[C@@](C)(CO)[C@H]1[C@H](O)[C@]3(O)OC2. The summed E-state index contributed by atoms with van der Waals surface area (Å²) < 4.78 is 11.1. The van der Waals surface area contributed by atoms with Gasteiger partial charge in [-0.25, -0.2) is 0 Å². The van der Waals surface area contributed by atoms with Gasteiger partial charge in [0.15, 0.2) is 5.78 Å². The summed E-state index contributed by atoms with van der Waals surface area (Å²) >= 11 is 0. The molecule has 4 bridgehead atoms. The van der Waals surface area contributed by atoms with Crippen molar-refractivity contribution in [2.75, 3.05) is 26.9 Å². The van der Waals surface area contributed by atoms with Gasteiger partial charge in [-0.05, 0) is 30.6 Å². The molecule has 0 amide bonds. The average Bonchev–Trinajstić information content (AvgIpc) is 2.83. The van der Waals surface area contributed by atoms with E-state index in [1.807, 2.05) is 6.92 Å². The maximum absolute atomic E-state index is 13.8. The topological polar surface area (TPSA) is 137 Å². The van der Waals surface area contributed by atoms with Crippen LogP contribution in [0.5, 0.6) is 0 Å². The van der Waals surface area contributed by atoms with Crippen molar-refractivity contribution in [3.05, 3.63) is 0 Å². The van der Waals surface area contributed by atoms with Crippen molar-refractivity contribution in [3.63, 3.8) is 0 Å². The van der Waals surface area contributed by atoms with Crippen molar-refractivity contribution in [3.8, 4) is 0 Å². The van der Waals surface area contributed by atoms with E-state index in [1.165, 1.54) is 7.11 Å². The Balaban J connectivity index is 1.74. The van der Waals surface area contributed by atoms with Crippen LogP contribution in [0.2, 0.25) is 0 Å². The number of carbonyl (C=O) groups is 1. The first-order valence-electron chi connectivity index (χ1n) is 10.7. The Labute approximate surface area is 169 Å². The van der Waals surface area contributed by atoms with Crippen molar-refractivity contribution >= 4 is 5.78 Å². The highest BCUT2D eigenvalue weighted by Gasteiger charge is 2.87. The predicted octanol–water partition coefficient (Wildman–Crippen LogP) is -0.946. The van der Waals surface area contributed by atoms with Gasteiger partial charge in [-0.1, -0.05) is 13.3 Å². The number of aliphatic hydroxyl groups excluding tert-OH is 4. The first kappa shape index (κ1) is 20.3. The van der Waals surface area contributed by atoms with Crippen LogP contribution >= 0.6 is 0 Å². The van der Waals surface area contributed by atoms with E-state index in [1.54, 1.807) is 0 Å². The van der Waals surface area contributed by atoms with Crippen molar-refractivity contribution in [1.29, 1.82) is 0 Å². The highest BCUT2D eigenvalue weighted by molar-refractivity contribution is 5.93. The summed E-state index contributed by atoms with van der Waals surface area (Å²) in [5, 5.41) is 55.8. The van der Waals surface area contributed by atoms with Gasteiger partial charge in [0.1, 0.15) is 11.5 Å². The van der Waals surface area contributed by atoms with Crippen LogP contribution in [-0.4, -0.2) is 82.3 Å². The summed E-state index contributed by atoms with van der Waals surface area (Å²) in [6.45, 7) is 1.92. The lowest BCUT2D eigenvalue weighted by Gasteiger charge is -2.74. The molecule has 6 fully saturated rings. The minimum Gasteiger partial charge on any atom is -0.396 e. The molecule has 2 spiro atoms. The van der Waals surface area contributed by atoms with Gasteiger partial charge in [0, 0.05) is 36.9 Å². The van der Waals surface area contributed by atoms with Gasteiger partial charge in [-0.15, -0.1) is 0 Å². The normalized spacial score (nSPS) is 60.8. The smallest absolute Gasteiger partial charge is 0.208 e. The average molecular weight is 412 g/mol. The molecular formula is C21H32O8. The van der Waals surface area contributed by atoms with E-state index < -0.39 is 64.0 Å². The third-order valence-electron chi connectivity index (χ3n) is 9.54. The molecule has 0 unspecified atom stereocenters. The molecule has 2 saturated heterocycles. The van der Waals surface area contributed by atoms with Gasteiger partial charge < -0.3 is 35.0 Å². The van der Waals surface area contributed by atoms with Crippen molar-refractivity contribution in [2.24, 2.45) is 39.9 Å². The van der Waals surface area contributed by atoms with Crippen molar-refractivity contribution in [2.45, 2.75) is 56.7 Å². The zero-order chi connectivity index (χ0) is 21.0. The summed E-state index contributed by atoms with van der Waals surface area (Å²) in [4.78, 5) is 13.8. The first-order valence-corrected chi connectivity index (χ1v) is 10.7. The van der Waals surface area contributed by atoms with Crippen LogP contribution in [0.4, 0.5) is 0 Å². The molecule has 4 aliphatic carbocycles. The molecule has 5 N–H and O–H groups in total. The molecule has 2 heterocycles. The summed E-state index contributed by atoms with van der Waals surface area (Å²) in [6.07, 6.45) is -1.28.